The Balaban J connectivity index is 1.76. The molecule has 0 spiro atoms. The molecule has 0 amide bonds. The summed E-state index contributed by atoms with van der Waals surface area (Å²) in [6.45, 7) is 2.02. The number of furan rings is 1. The SMILES string of the molecule is Oc1ccc2oc3c(c2c1/C=N/N1CCCCC1)CCCC3. The fraction of sp³-hybridized carbons (Fsp3) is 0.500. The van der Waals surface area contributed by atoms with Crippen LogP contribution in [0.25, 0.3) is 11.0 Å². The number of nitrogens with zero attached hydrogens (tertiary/aromatic N) is 2. The van der Waals surface area contributed by atoms with E-state index in [4.69, 9.17) is 4.42 Å². The second-order valence-corrected chi connectivity index (χ2v) is 6.34. The van der Waals surface area contributed by atoms with Crippen molar-refractivity contribution < 1.29 is 9.52 Å². The number of piperidine rings is 1. The van der Waals surface area contributed by atoms with Crippen LogP contribution in [0.1, 0.15) is 49.0 Å². The topological polar surface area (TPSA) is 49.0 Å². The Morgan fingerprint density at radius 2 is 1.86 bits per heavy atom. The Kier molecular flexibility index (Phi) is 3.53. The summed E-state index contributed by atoms with van der Waals surface area (Å²) in [6.07, 6.45) is 9.96. The van der Waals surface area contributed by atoms with Gasteiger partial charge in [0.2, 0.25) is 0 Å². The molecule has 2 aliphatic rings. The minimum absolute atomic E-state index is 0.294. The van der Waals surface area contributed by atoms with Crippen molar-refractivity contribution in [3.8, 4) is 5.75 Å². The number of aryl methyl sites for hydroxylation is 2. The second-order valence-electron chi connectivity index (χ2n) is 6.34. The van der Waals surface area contributed by atoms with Gasteiger partial charge in [0, 0.05) is 36.0 Å². The third kappa shape index (κ3) is 2.36. The van der Waals surface area contributed by atoms with Crippen LogP contribution in [0.4, 0.5) is 0 Å². The Morgan fingerprint density at radius 3 is 2.73 bits per heavy atom. The Labute approximate surface area is 130 Å². The van der Waals surface area contributed by atoms with Crippen molar-refractivity contribution in [1.29, 1.82) is 0 Å². The first-order valence-corrected chi connectivity index (χ1v) is 8.38. The van der Waals surface area contributed by atoms with Gasteiger partial charge in [-0.3, -0.25) is 5.01 Å². The molecule has 0 bridgehead atoms. The molecule has 1 fully saturated rings. The summed E-state index contributed by atoms with van der Waals surface area (Å²) >= 11 is 0. The zero-order valence-corrected chi connectivity index (χ0v) is 12.8. The molecule has 4 nitrogen and oxygen atoms in total. The van der Waals surface area contributed by atoms with Crippen LogP contribution < -0.4 is 0 Å². The van der Waals surface area contributed by atoms with E-state index < -0.39 is 0 Å². The van der Waals surface area contributed by atoms with Crippen molar-refractivity contribution in [2.45, 2.75) is 44.9 Å². The number of benzene rings is 1. The molecule has 0 radical (unpaired) electrons. The number of aromatic hydroxyl groups is 1. The van der Waals surface area contributed by atoms with Crippen LogP contribution >= 0.6 is 0 Å². The fourth-order valence-corrected chi connectivity index (χ4v) is 3.64. The van der Waals surface area contributed by atoms with E-state index in [-0.39, 0.29) is 0 Å². The molecule has 1 saturated heterocycles. The lowest BCUT2D eigenvalue weighted by molar-refractivity contribution is 0.240. The number of hydrogen-bond donors (Lipinski definition) is 1. The summed E-state index contributed by atoms with van der Waals surface area (Å²) in [5.41, 5.74) is 2.97. The molecule has 1 aromatic carbocycles. The maximum Gasteiger partial charge on any atom is 0.135 e. The molecular weight excluding hydrogens is 276 g/mol. The first-order valence-electron chi connectivity index (χ1n) is 8.38. The zero-order chi connectivity index (χ0) is 14.9. The fourth-order valence-electron chi connectivity index (χ4n) is 3.64. The predicted molar refractivity (Wildman–Crippen MR) is 87.5 cm³/mol. The van der Waals surface area contributed by atoms with E-state index in [1.165, 1.54) is 37.7 Å². The largest absolute Gasteiger partial charge is 0.507 e. The van der Waals surface area contributed by atoms with Crippen molar-refractivity contribution in [2.75, 3.05) is 13.1 Å². The highest BCUT2D eigenvalue weighted by molar-refractivity contribution is 6.02. The highest BCUT2D eigenvalue weighted by Gasteiger charge is 2.21. The van der Waals surface area contributed by atoms with Gasteiger partial charge in [0.25, 0.3) is 0 Å². The van der Waals surface area contributed by atoms with Crippen LogP contribution in [0.5, 0.6) is 5.75 Å². The molecule has 22 heavy (non-hydrogen) atoms. The number of phenolic OH excluding ortho intramolecular Hbond substituents is 1. The molecule has 1 aliphatic carbocycles. The van der Waals surface area contributed by atoms with E-state index in [0.29, 0.717) is 5.75 Å². The van der Waals surface area contributed by atoms with Crippen LogP contribution in [0.3, 0.4) is 0 Å². The molecule has 1 aromatic heterocycles. The molecule has 0 saturated carbocycles. The monoisotopic (exact) mass is 298 g/mol. The number of phenols is 1. The van der Waals surface area contributed by atoms with Gasteiger partial charge in [-0.1, -0.05) is 0 Å². The Bertz CT molecular complexity index is 711. The average molecular weight is 298 g/mol. The van der Waals surface area contributed by atoms with Gasteiger partial charge >= 0.3 is 0 Å². The molecule has 116 valence electrons. The summed E-state index contributed by atoms with van der Waals surface area (Å²) in [7, 11) is 0. The maximum atomic E-state index is 10.3. The summed E-state index contributed by atoms with van der Waals surface area (Å²) in [6, 6.07) is 3.59. The van der Waals surface area contributed by atoms with Crippen molar-refractivity contribution >= 4 is 17.2 Å². The van der Waals surface area contributed by atoms with Crippen LogP contribution in [-0.4, -0.2) is 29.4 Å². The molecule has 2 aromatic rings. The molecule has 1 aliphatic heterocycles. The van der Waals surface area contributed by atoms with Gasteiger partial charge in [0.15, 0.2) is 0 Å². The average Bonchev–Trinajstić information content (AvgIpc) is 2.94. The minimum Gasteiger partial charge on any atom is -0.507 e. The van der Waals surface area contributed by atoms with E-state index in [0.717, 1.165) is 48.2 Å². The van der Waals surface area contributed by atoms with Crippen molar-refractivity contribution in [3.63, 3.8) is 0 Å². The van der Waals surface area contributed by atoms with E-state index in [9.17, 15) is 5.11 Å². The third-order valence-electron chi connectivity index (χ3n) is 4.82. The van der Waals surface area contributed by atoms with E-state index in [1.807, 2.05) is 12.3 Å². The highest BCUT2D eigenvalue weighted by Crippen LogP contribution is 2.36. The second kappa shape index (κ2) is 5.67. The van der Waals surface area contributed by atoms with Crippen LogP contribution in [0.2, 0.25) is 0 Å². The smallest absolute Gasteiger partial charge is 0.135 e. The summed E-state index contributed by atoms with van der Waals surface area (Å²) in [5.74, 6) is 1.39. The third-order valence-corrected chi connectivity index (χ3v) is 4.82. The van der Waals surface area contributed by atoms with Crippen molar-refractivity contribution in [2.24, 2.45) is 5.10 Å². The minimum atomic E-state index is 0.294. The highest BCUT2D eigenvalue weighted by atomic mass is 16.3. The van der Waals surface area contributed by atoms with Crippen LogP contribution in [0, 0.1) is 0 Å². The van der Waals surface area contributed by atoms with Crippen molar-refractivity contribution in [3.05, 3.63) is 29.0 Å². The molecule has 0 unspecified atom stereocenters. The van der Waals surface area contributed by atoms with E-state index in [2.05, 4.69) is 10.1 Å². The van der Waals surface area contributed by atoms with Gasteiger partial charge in [-0.2, -0.15) is 5.10 Å². The molecule has 0 atom stereocenters. The van der Waals surface area contributed by atoms with Gasteiger partial charge < -0.3 is 9.52 Å². The molecule has 4 rings (SSSR count). The first-order chi connectivity index (χ1) is 10.8. The quantitative estimate of drug-likeness (QED) is 0.857. The molecule has 2 heterocycles. The zero-order valence-electron chi connectivity index (χ0n) is 12.8. The molecular formula is C18H22N2O2. The lowest BCUT2D eigenvalue weighted by Gasteiger charge is -2.23. The molecule has 1 N–H and O–H groups in total. The normalized spacial score (nSPS) is 19.0. The van der Waals surface area contributed by atoms with Gasteiger partial charge in [-0.05, 0) is 50.7 Å². The number of fused-ring (bicyclic) bond motifs is 3. The van der Waals surface area contributed by atoms with Gasteiger partial charge in [-0.25, -0.2) is 0 Å². The summed E-state index contributed by atoms with van der Waals surface area (Å²) < 4.78 is 5.99. The maximum absolute atomic E-state index is 10.3. The van der Waals surface area contributed by atoms with Crippen LogP contribution in [0.15, 0.2) is 21.7 Å². The predicted octanol–water partition coefficient (Wildman–Crippen LogP) is 3.84. The number of rotatable bonds is 2. The van der Waals surface area contributed by atoms with E-state index >= 15 is 0 Å². The molecule has 4 heteroatoms. The van der Waals surface area contributed by atoms with Crippen LogP contribution in [-0.2, 0) is 12.8 Å². The van der Waals surface area contributed by atoms with Gasteiger partial charge in [0.05, 0.1) is 6.21 Å². The first kappa shape index (κ1) is 13.7. The summed E-state index contributed by atoms with van der Waals surface area (Å²) in [5, 5.41) is 18.1. The Hall–Kier alpha value is -1.97. The van der Waals surface area contributed by atoms with Gasteiger partial charge in [0.1, 0.15) is 17.1 Å². The number of hydrogen-bond acceptors (Lipinski definition) is 4. The number of hydrazone groups is 1. The lowest BCUT2D eigenvalue weighted by atomic mass is 9.94. The summed E-state index contributed by atoms with van der Waals surface area (Å²) in [4.78, 5) is 0. The standard InChI is InChI=1S/C18H22N2O2/c21-15-8-9-17-18(13-6-2-3-7-16(13)22-17)14(15)12-19-20-10-4-1-5-11-20/h8-9,12,21H,1-7,10-11H2/b19-12+. The van der Waals surface area contributed by atoms with Crippen molar-refractivity contribution in [1.82, 2.24) is 5.01 Å². The van der Waals surface area contributed by atoms with Gasteiger partial charge in [-0.15, -0.1) is 0 Å². The Morgan fingerprint density at radius 1 is 1.05 bits per heavy atom. The lowest BCUT2D eigenvalue weighted by Crippen LogP contribution is -2.24. The van der Waals surface area contributed by atoms with E-state index in [1.54, 1.807) is 6.07 Å².